The highest BCUT2D eigenvalue weighted by Gasteiger charge is 2.22. The number of piperazine rings is 1. The summed E-state index contributed by atoms with van der Waals surface area (Å²) in [5, 5.41) is 5.22. The summed E-state index contributed by atoms with van der Waals surface area (Å²) in [6, 6.07) is 21.5. The average molecular weight is 460 g/mol. The number of carbonyl (C=O) groups is 1. The van der Waals surface area contributed by atoms with Gasteiger partial charge in [-0.25, -0.2) is 4.98 Å². The lowest BCUT2D eigenvalue weighted by atomic mass is 10.1. The van der Waals surface area contributed by atoms with Crippen molar-refractivity contribution in [3.63, 3.8) is 0 Å². The van der Waals surface area contributed by atoms with Crippen LogP contribution in [0.1, 0.15) is 17.7 Å². The van der Waals surface area contributed by atoms with Gasteiger partial charge < -0.3 is 4.90 Å². The van der Waals surface area contributed by atoms with Crippen LogP contribution >= 0.6 is 11.3 Å². The van der Waals surface area contributed by atoms with E-state index in [9.17, 15) is 9.59 Å². The maximum atomic E-state index is 12.6. The molecule has 1 amide bonds. The SMILES string of the molecule is O=C(CCc1ccccc1)N1CCN(Cc2cc(=O)n3nc(-c4ccccc4)sc3n2)CC1. The molecule has 0 atom stereocenters. The monoisotopic (exact) mass is 459 g/mol. The van der Waals surface area contributed by atoms with Crippen molar-refractivity contribution in [2.45, 2.75) is 19.4 Å². The highest BCUT2D eigenvalue weighted by molar-refractivity contribution is 7.19. The highest BCUT2D eigenvalue weighted by atomic mass is 32.1. The predicted octanol–water partition coefficient (Wildman–Crippen LogP) is 3.10. The third-order valence-corrected chi connectivity index (χ3v) is 6.86. The number of amides is 1. The fourth-order valence-electron chi connectivity index (χ4n) is 4.07. The molecular weight excluding hydrogens is 434 g/mol. The maximum absolute atomic E-state index is 12.6. The minimum absolute atomic E-state index is 0.164. The predicted molar refractivity (Wildman–Crippen MR) is 129 cm³/mol. The maximum Gasteiger partial charge on any atom is 0.275 e. The molecule has 5 rings (SSSR count). The van der Waals surface area contributed by atoms with Gasteiger partial charge in [0.15, 0.2) is 0 Å². The van der Waals surface area contributed by atoms with Crippen LogP contribution in [0.3, 0.4) is 0 Å². The normalized spacial score (nSPS) is 14.6. The summed E-state index contributed by atoms with van der Waals surface area (Å²) >= 11 is 1.42. The zero-order chi connectivity index (χ0) is 22.6. The van der Waals surface area contributed by atoms with E-state index in [0.29, 0.717) is 31.0 Å². The van der Waals surface area contributed by atoms with Gasteiger partial charge in [0, 0.05) is 50.8 Å². The lowest BCUT2D eigenvalue weighted by Crippen LogP contribution is -2.48. The van der Waals surface area contributed by atoms with Gasteiger partial charge in [0.2, 0.25) is 10.9 Å². The van der Waals surface area contributed by atoms with Gasteiger partial charge in [-0.3, -0.25) is 14.5 Å². The summed E-state index contributed by atoms with van der Waals surface area (Å²) in [6.07, 6.45) is 1.31. The third kappa shape index (κ3) is 5.02. The number of hydrogen-bond donors (Lipinski definition) is 0. The minimum atomic E-state index is -0.164. The van der Waals surface area contributed by atoms with Crippen LogP contribution in [0.15, 0.2) is 71.5 Å². The lowest BCUT2D eigenvalue weighted by Gasteiger charge is -2.34. The van der Waals surface area contributed by atoms with Crippen molar-refractivity contribution >= 4 is 22.2 Å². The molecular formula is C25H25N5O2S. The molecule has 0 spiro atoms. The summed E-state index contributed by atoms with van der Waals surface area (Å²) in [5.41, 5.74) is 2.74. The molecule has 33 heavy (non-hydrogen) atoms. The molecule has 0 radical (unpaired) electrons. The van der Waals surface area contributed by atoms with Crippen molar-refractivity contribution in [3.05, 3.63) is 88.3 Å². The Bertz CT molecular complexity index is 1290. The molecule has 0 aliphatic carbocycles. The minimum Gasteiger partial charge on any atom is -0.340 e. The van der Waals surface area contributed by atoms with E-state index in [1.165, 1.54) is 21.4 Å². The summed E-state index contributed by atoms with van der Waals surface area (Å²) in [6.45, 7) is 3.55. The number of aryl methyl sites for hydroxylation is 1. The molecule has 8 heteroatoms. The average Bonchev–Trinajstić information content (AvgIpc) is 3.29. The lowest BCUT2D eigenvalue weighted by molar-refractivity contribution is -0.133. The van der Waals surface area contributed by atoms with Gasteiger partial charge in [-0.1, -0.05) is 72.0 Å². The van der Waals surface area contributed by atoms with Crippen LogP contribution < -0.4 is 5.56 Å². The van der Waals surface area contributed by atoms with Crippen molar-refractivity contribution in [1.29, 1.82) is 0 Å². The first-order chi connectivity index (χ1) is 16.2. The summed E-state index contributed by atoms with van der Waals surface area (Å²) in [4.78, 5) is 34.7. The molecule has 0 saturated carbocycles. The van der Waals surface area contributed by atoms with Crippen molar-refractivity contribution in [3.8, 4) is 10.6 Å². The molecule has 1 saturated heterocycles. The summed E-state index contributed by atoms with van der Waals surface area (Å²) < 4.78 is 1.37. The number of benzene rings is 2. The molecule has 1 aliphatic heterocycles. The van der Waals surface area contributed by atoms with E-state index >= 15 is 0 Å². The number of aromatic nitrogens is 3. The largest absolute Gasteiger partial charge is 0.340 e. The zero-order valence-corrected chi connectivity index (χ0v) is 19.1. The van der Waals surface area contributed by atoms with Gasteiger partial charge in [-0.2, -0.15) is 9.61 Å². The zero-order valence-electron chi connectivity index (χ0n) is 18.3. The Labute approximate surface area is 195 Å². The summed E-state index contributed by atoms with van der Waals surface area (Å²) in [5.74, 6) is 0.203. The van der Waals surface area contributed by atoms with E-state index in [4.69, 9.17) is 4.98 Å². The van der Waals surface area contributed by atoms with Crippen molar-refractivity contribution in [1.82, 2.24) is 24.4 Å². The van der Waals surface area contributed by atoms with Crippen LogP contribution in [0, 0.1) is 0 Å². The first-order valence-corrected chi connectivity index (χ1v) is 12.0. The molecule has 0 N–H and O–H groups in total. The standard InChI is InChI=1S/C25H25N5O2S/c31-22(12-11-19-7-3-1-4-8-19)29-15-13-28(14-16-29)18-21-17-23(32)30-25(26-21)33-24(27-30)20-9-5-2-6-10-20/h1-10,17H,11-16,18H2. The molecule has 0 unspecified atom stereocenters. The molecule has 1 fully saturated rings. The van der Waals surface area contributed by atoms with E-state index in [2.05, 4.69) is 22.1 Å². The number of carbonyl (C=O) groups excluding carboxylic acids is 1. The molecule has 1 aliphatic rings. The number of nitrogens with zero attached hydrogens (tertiary/aromatic N) is 5. The Kier molecular flexibility index (Phi) is 6.28. The second-order valence-electron chi connectivity index (χ2n) is 8.20. The van der Waals surface area contributed by atoms with Gasteiger partial charge in [-0.15, -0.1) is 0 Å². The van der Waals surface area contributed by atoms with Crippen LogP contribution in [0.25, 0.3) is 15.5 Å². The van der Waals surface area contributed by atoms with Gasteiger partial charge >= 0.3 is 0 Å². The Balaban J connectivity index is 1.19. The molecule has 4 aromatic rings. The Hall–Kier alpha value is -3.36. The van der Waals surface area contributed by atoms with Gasteiger partial charge in [0.1, 0.15) is 5.01 Å². The Morgan fingerprint density at radius 3 is 2.36 bits per heavy atom. The van der Waals surface area contributed by atoms with Crippen molar-refractivity contribution < 1.29 is 4.79 Å². The van der Waals surface area contributed by atoms with Gasteiger partial charge in [0.25, 0.3) is 5.56 Å². The fraction of sp³-hybridized carbons (Fsp3) is 0.280. The highest BCUT2D eigenvalue weighted by Crippen LogP contribution is 2.24. The van der Waals surface area contributed by atoms with Gasteiger partial charge in [0.05, 0.1) is 5.69 Å². The first kappa shape index (κ1) is 21.5. The first-order valence-electron chi connectivity index (χ1n) is 11.1. The second kappa shape index (κ2) is 9.64. The fourth-order valence-corrected chi connectivity index (χ4v) is 5.00. The number of fused-ring (bicyclic) bond motifs is 1. The van der Waals surface area contributed by atoms with Crippen molar-refractivity contribution in [2.24, 2.45) is 0 Å². The molecule has 7 nitrogen and oxygen atoms in total. The van der Waals surface area contributed by atoms with Gasteiger partial charge in [-0.05, 0) is 12.0 Å². The topological polar surface area (TPSA) is 70.8 Å². The van der Waals surface area contributed by atoms with Crippen LogP contribution in [0.4, 0.5) is 0 Å². The Morgan fingerprint density at radius 1 is 0.939 bits per heavy atom. The van der Waals surface area contributed by atoms with E-state index in [1.807, 2.05) is 53.4 Å². The van der Waals surface area contributed by atoms with Crippen LogP contribution in [-0.2, 0) is 17.8 Å². The molecule has 2 aromatic heterocycles. The molecule has 3 heterocycles. The second-order valence-corrected chi connectivity index (χ2v) is 9.15. The third-order valence-electron chi connectivity index (χ3n) is 5.90. The summed E-state index contributed by atoms with van der Waals surface area (Å²) in [7, 11) is 0. The number of rotatable bonds is 6. The molecule has 2 aromatic carbocycles. The van der Waals surface area contributed by atoms with Crippen LogP contribution in [-0.4, -0.2) is 56.5 Å². The van der Waals surface area contributed by atoms with E-state index < -0.39 is 0 Å². The van der Waals surface area contributed by atoms with Crippen LogP contribution in [0.5, 0.6) is 0 Å². The Morgan fingerprint density at radius 2 is 1.64 bits per heavy atom. The van der Waals surface area contributed by atoms with Crippen molar-refractivity contribution in [2.75, 3.05) is 26.2 Å². The van der Waals surface area contributed by atoms with E-state index in [0.717, 1.165) is 35.8 Å². The smallest absolute Gasteiger partial charge is 0.275 e. The number of hydrogen-bond acceptors (Lipinski definition) is 6. The van der Waals surface area contributed by atoms with E-state index in [-0.39, 0.29) is 11.5 Å². The molecule has 168 valence electrons. The quantitative estimate of drug-likeness (QED) is 0.443. The van der Waals surface area contributed by atoms with E-state index in [1.54, 1.807) is 6.07 Å². The van der Waals surface area contributed by atoms with Crippen LogP contribution in [0.2, 0.25) is 0 Å². The molecule has 0 bridgehead atoms.